The highest BCUT2D eigenvalue weighted by molar-refractivity contribution is 7.14. The van der Waals surface area contributed by atoms with Crippen LogP contribution in [0.5, 0.6) is 0 Å². The molecular weight excluding hydrogens is 436 g/mol. The van der Waals surface area contributed by atoms with Crippen molar-refractivity contribution in [3.8, 4) is 11.3 Å². The lowest BCUT2D eigenvalue weighted by Gasteiger charge is -2.33. The van der Waals surface area contributed by atoms with Crippen LogP contribution in [0.25, 0.3) is 11.3 Å². The fraction of sp³-hybridized carbons (Fsp3) is 0.280. The lowest BCUT2D eigenvalue weighted by atomic mass is 9.76. The SMILES string of the molecule is Cc1ccc(C)c(-c2csc(NC(=O)CN3C(=O)NC4(CCCc5ccccc54)C3=O)n2)c1. The highest BCUT2D eigenvalue weighted by Gasteiger charge is 2.54. The van der Waals surface area contributed by atoms with Crippen LogP contribution in [0.2, 0.25) is 0 Å². The molecule has 2 heterocycles. The fourth-order valence-electron chi connectivity index (χ4n) is 4.72. The van der Waals surface area contributed by atoms with Gasteiger partial charge in [-0.2, -0.15) is 0 Å². The number of anilines is 1. The zero-order valence-corrected chi connectivity index (χ0v) is 19.3. The lowest BCUT2D eigenvalue weighted by Crippen LogP contribution is -2.47. The summed E-state index contributed by atoms with van der Waals surface area (Å²) in [6, 6.07) is 13.3. The summed E-state index contributed by atoms with van der Waals surface area (Å²) in [6.45, 7) is 3.68. The third kappa shape index (κ3) is 3.70. The Morgan fingerprint density at radius 3 is 2.88 bits per heavy atom. The number of nitrogens with zero attached hydrogens (tertiary/aromatic N) is 2. The van der Waals surface area contributed by atoms with Gasteiger partial charge in [-0.25, -0.2) is 9.78 Å². The molecule has 7 nitrogen and oxygen atoms in total. The van der Waals surface area contributed by atoms with E-state index in [4.69, 9.17) is 0 Å². The summed E-state index contributed by atoms with van der Waals surface area (Å²) in [7, 11) is 0. The van der Waals surface area contributed by atoms with Crippen LogP contribution in [-0.4, -0.2) is 34.3 Å². The van der Waals surface area contributed by atoms with E-state index in [-0.39, 0.29) is 12.5 Å². The van der Waals surface area contributed by atoms with Crippen molar-refractivity contribution >= 4 is 34.3 Å². The molecule has 0 saturated carbocycles. The Hall–Kier alpha value is -3.52. The summed E-state index contributed by atoms with van der Waals surface area (Å²) in [5, 5.41) is 7.93. The summed E-state index contributed by atoms with van der Waals surface area (Å²) in [5.74, 6) is -0.827. The summed E-state index contributed by atoms with van der Waals surface area (Å²) in [4.78, 5) is 44.3. The van der Waals surface area contributed by atoms with Crippen LogP contribution >= 0.6 is 11.3 Å². The largest absolute Gasteiger partial charge is 0.325 e. The number of imide groups is 1. The fourth-order valence-corrected chi connectivity index (χ4v) is 5.45. The van der Waals surface area contributed by atoms with Gasteiger partial charge in [0.05, 0.1) is 5.69 Å². The van der Waals surface area contributed by atoms with Crippen LogP contribution in [0.1, 0.15) is 35.1 Å². The summed E-state index contributed by atoms with van der Waals surface area (Å²) in [6.07, 6.45) is 2.19. The van der Waals surface area contributed by atoms with E-state index < -0.39 is 17.5 Å². The Morgan fingerprint density at radius 1 is 1.21 bits per heavy atom. The first-order valence-electron chi connectivity index (χ1n) is 10.9. The van der Waals surface area contributed by atoms with Gasteiger partial charge in [-0.05, 0) is 55.9 Å². The van der Waals surface area contributed by atoms with E-state index in [0.717, 1.165) is 51.3 Å². The Bertz CT molecular complexity index is 1280. The Labute approximate surface area is 195 Å². The number of nitrogens with one attached hydrogen (secondary N) is 2. The van der Waals surface area contributed by atoms with Gasteiger partial charge in [-0.15, -0.1) is 11.3 Å². The van der Waals surface area contributed by atoms with E-state index in [1.54, 1.807) is 0 Å². The van der Waals surface area contributed by atoms with Crippen LogP contribution in [-0.2, 0) is 21.5 Å². The summed E-state index contributed by atoms with van der Waals surface area (Å²) < 4.78 is 0. The van der Waals surface area contributed by atoms with Gasteiger partial charge in [0.2, 0.25) is 5.91 Å². The van der Waals surface area contributed by atoms with Crippen molar-refractivity contribution in [2.45, 2.75) is 38.6 Å². The highest BCUT2D eigenvalue weighted by Crippen LogP contribution is 2.39. The molecule has 1 aliphatic carbocycles. The van der Waals surface area contributed by atoms with Gasteiger partial charge in [0.25, 0.3) is 5.91 Å². The molecule has 1 aliphatic heterocycles. The Morgan fingerprint density at radius 2 is 2.03 bits per heavy atom. The first-order valence-corrected chi connectivity index (χ1v) is 11.8. The smallest absolute Gasteiger partial charge is 0.319 e. The minimum absolute atomic E-state index is 0.354. The Balaban J connectivity index is 1.31. The number of amides is 4. The molecule has 0 bridgehead atoms. The molecule has 4 amide bonds. The highest BCUT2D eigenvalue weighted by atomic mass is 32.1. The monoisotopic (exact) mass is 460 g/mol. The van der Waals surface area contributed by atoms with E-state index in [0.29, 0.717) is 11.6 Å². The second-order valence-electron chi connectivity index (χ2n) is 8.64. The number of carbonyl (C=O) groups excluding carboxylic acids is 3. The van der Waals surface area contributed by atoms with E-state index in [9.17, 15) is 14.4 Å². The number of aromatic nitrogens is 1. The quantitative estimate of drug-likeness (QED) is 0.572. The first-order chi connectivity index (χ1) is 15.9. The van der Waals surface area contributed by atoms with E-state index in [1.165, 1.54) is 11.3 Å². The maximum absolute atomic E-state index is 13.4. The van der Waals surface area contributed by atoms with Crippen molar-refractivity contribution in [2.24, 2.45) is 0 Å². The van der Waals surface area contributed by atoms with E-state index >= 15 is 0 Å². The number of hydrogen-bond donors (Lipinski definition) is 2. The lowest BCUT2D eigenvalue weighted by molar-refractivity contribution is -0.134. The van der Waals surface area contributed by atoms with Gasteiger partial charge in [-0.3, -0.25) is 14.5 Å². The minimum Gasteiger partial charge on any atom is -0.319 e. The average Bonchev–Trinajstić information content (AvgIpc) is 3.34. The molecule has 1 fully saturated rings. The first kappa shape index (κ1) is 21.3. The zero-order valence-electron chi connectivity index (χ0n) is 18.5. The van der Waals surface area contributed by atoms with Crippen molar-refractivity contribution in [3.63, 3.8) is 0 Å². The van der Waals surface area contributed by atoms with Crippen LogP contribution in [0.15, 0.2) is 47.8 Å². The number of thiazole rings is 1. The molecule has 1 atom stereocenters. The normalized spacial score (nSPS) is 19.5. The van der Waals surface area contributed by atoms with Crippen LogP contribution < -0.4 is 10.6 Å². The topological polar surface area (TPSA) is 91.4 Å². The maximum Gasteiger partial charge on any atom is 0.325 e. The van der Waals surface area contributed by atoms with Crippen LogP contribution in [0, 0.1) is 13.8 Å². The van der Waals surface area contributed by atoms with Gasteiger partial charge in [0, 0.05) is 10.9 Å². The van der Waals surface area contributed by atoms with Gasteiger partial charge >= 0.3 is 6.03 Å². The molecule has 1 unspecified atom stereocenters. The standard InChI is InChI=1S/C25H24N4O3S/c1-15-9-10-16(2)18(12-15)20-14-33-23(26-20)27-21(30)13-29-22(31)25(28-24(29)32)11-5-7-17-6-3-4-8-19(17)25/h3-4,6,8-10,12,14H,5,7,11,13H2,1-2H3,(H,28,32)(H,26,27,30). The van der Waals surface area contributed by atoms with E-state index in [1.807, 2.05) is 55.6 Å². The van der Waals surface area contributed by atoms with Crippen LogP contribution in [0.4, 0.5) is 9.93 Å². The predicted molar refractivity (Wildman–Crippen MR) is 127 cm³/mol. The second kappa shape index (κ2) is 8.12. The van der Waals surface area contributed by atoms with E-state index in [2.05, 4.69) is 21.7 Å². The second-order valence-corrected chi connectivity index (χ2v) is 9.50. The average molecular weight is 461 g/mol. The molecule has 3 aromatic rings. The number of fused-ring (bicyclic) bond motifs is 2. The number of urea groups is 1. The van der Waals surface area contributed by atoms with Crippen molar-refractivity contribution in [1.82, 2.24) is 15.2 Å². The molecule has 2 aromatic carbocycles. The maximum atomic E-state index is 13.4. The molecule has 2 aliphatic rings. The molecule has 2 N–H and O–H groups in total. The molecule has 1 aromatic heterocycles. The van der Waals surface area contributed by atoms with Crippen molar-refractivity contribution < 1.29 is 14.4 Å². The number of benzene rings is 2. The minimum atomic E-state index is -1.08. The van der Waals surface area contributed by atoms with Gasteiger partial charge in [0.15, 0.2) is 5.13 Å². The number of aryl methyl sites for hydroxylation is 3. The predicted octanol–water partition coefficient (Wildman–Crippen LogP) is 4.15. The Kier molecular flexibility index (Phi) is 5.25. The van der Waals surface area contributed by atoms with Crippen molar-refractivity contribution in [1.29, 1.82) is 0 Å². The molecule has 8 heteroatoms. The number of hydrogen-bond acceptors (Lipinski definition) is 5. The molecular formula is C25H24N4O3S. The van der Waals surface area contributed by atoms with Gasteiger partial charge in [0.1, 0.15) is 12.1 Å². The molecule has 33 heavy (non-hydrogen) atoms. The molecule has 1 spiro atoms. The van der Waals surface area contributed by atoms with Gasteiger partial charge < -0.3 is 10.6 Å². The third-order valence-electron chi connectivity index (χ3n) is 6.37. The third-order valence-corrected chi connectivity index (χ3v) is 7.13. The zero-order chi connectivity index (χ0) is 23.2. The van der Waals surface area contributed by atoms with Crippen molar-refractivity contribution in [3.05, 3.63) is 70.1 Å². The summed E-state index contributed by atoms with van der Waals surface area (Å²) in [5.41, 5.74) is 4.83. The number of carbonyl (C=O) groups is 3. The molecule has 0 radical (unpaired) electrons. The van der Waals surface area contributed by atoms with Gasteiger partial charge in [-0.1, -0.05) is 42.0 Å². The molecule has 168 valence electrons. The number of rotatable bonds is 4. The molecule has 1 saturated heterocycles. The van der Waals surface area contributed by atoms with Crippen LogP contribution in [0.3, 0.4) is 0 Å². The molecule has 5 rings (SSSR count). The summed E-state index contributed by atoms with van der Waals surface area (Å²) >= 11 is 1.31. The van der Waals surface area contributed by atoms with Crippen molar-refractivity contribution in [2.75, 3.05) is 11.9 Å².